The Morgan fingerprint density at radius 3 is 2.62 bits per heavy atom. The maximum atomic E-state index is 12.5. The van der Waals surface area contributed by atoms with Gasteiger partial charge in [-0.1, -0.05) is 30.3 Å². The summed E-state index contributed by atoms with van der Waals surface area (Å²) in [5.41, 5.74) is 5.30. The van der Waals surface area contributed by atoms with Crippen LogP contribution in [0.15, 0.2) is 42.5 Å². The molecule has 1 N–H and O–H groups in total. The molecule has 0 unspecified atom stereocenters. The predicted molar refractivity (Wildman–Crippen MR) is 96.6 cm³/mol. The van der Waals surface area contributed by atoms with E-state index in [2.05, 4.69) is 5.32 Å². The van der Waals surface area contributed by atoms with E-state index in [4.69, 9.17) is 0 Å². The van der Waals surface area contributed by atoms with Gasteiger partial charge in [-0.05, 0) is 44.0 Å². The number of nitrogens with one attached hydrogen (secondary N) is 1. The first-order valence-electron chi connectivity index (χ1n) is 7.91. The van der Waals surface area contributed by atoms with Gasteiger partial charge < -0.3 is 9.88 Å². The van der Waals surface area contributed by atoms with Crippen LogP contribution in [0.2, 0.25) is 0 Å². The highest BCUT2D eigenvalue weighted by molar-refractivity contribution is 6.00. The molecule has 1 heterocycles. The Morgan fingerprint density at radius 2 is 1.88 bits per heavy atom. The minimum Gasteiger partial charge on any atom is -0.335 e. The summed E-state index contributed by atoms with van der Waals surface area (Å²) >= 11 is 0. The summed E-state index contributed by atoms with van der Waals surface area (Å²) in [7, 11) is 0. The van der Waals surface area contributed by atoms with E-state index in [0.717, 1.165) is 39.7 Å². The van der Waals surface area contributed by atoms with Gasteiger partial charge in [0.2, 0.25) is 5.91 Å². The molecule has 24 heavy (non-hydrogen) atoms. The van der Waals surface area contributed by atoms with E-state index >= 15 is 0 Å². The number of carbonyl (C=O) groups excluding carboxylic acids is 2. The highest BCUT2D eigenvalue weighted by Gasteiger charge is 2.15. The lowest BCUT2D eigenvalue weighted by molar-refractivity contribution is -0.116. The molecule has 3 rings (SSSR count). The molecule has 2 aromatic carbocycles. The van der Waals surface area contributed by atoms with Gasteiger partial charge in [0.15, 0.2) is 6.29 Å². The number of aryl methyl sites for hydroxylation is 2. The fourth-order valence-electron chi connectivity index (χ4n) is 3.01. The standard InChI is InChI=1S/C20H20N2O2/c1-13-8-9-14(2)18(10-13)21-20(24)11-22-15(3)17(12-23)16-6-4-5-7-19(16)22/h4-10,12H,11H2,1-3H3,(H,21,24). The Morgan fingerprint density at radius 1 is 1.12 bits per heavy atom. The molecule has 122 valence electrons. The first-order valence-corrected chi connectivity index (χ1v) is 7.91. The topological polar surface area (TPSA) is 51.1 Å². The van der Waals surface area contributed by atoms with Crippen molar-refractivity contribution in [2.75, 3.05) is 5.32 Å². The van der Waals surface area contributed by atoms with Gasteiger partial charge in [0.25, 0.3) is 0 Å². The molecule has 0 saturated heterocycles. The van der Waals surface area contributed by atoms with Crippen molar-refractivity contribution in [2.45, 2.75) is 27.3 Å². The molecule has 3 aromatic rings. The Hall–Kier alpha value is -2.88. The minimum absolute atomic E-state index is 0.106. The Kier molecular flexibility index (Phi) is 4.21. The number of nitrogens with zero attached hydrogens (tertiary/aromatic N) is 1. The Labute approximate surface area is 141 Å². The molecule has 1 amide bonds. The number of para-hydroxylation sites is 1. The number of carbonyl (C=O) groups is 2. The van der Waals surface area contributed by atoms with Crippen molar-refractivity contribution in [1.82, 2.24) is 4.57 Å². The zero-order valence-corrected chi connectivity index (χ0v) is 14.1. The number of amides is 1. The first-order chi connectivity index (χ1) is 11.5. The quantitative estimate of drug-likeness (QED) is 0.738. The zero-order valence-electron chi connectivity index (χ0n) is 14.1. The van der Waals surface area contributed by atoms with Crippen molar-refractivity contribution >= 4 is 28.8 Å². The van der Waals surface area contributed by atoms with Gasteiger partial charge >= 0.3 is 0 Å². The molecule has 0 radical (unpaired) electrons. The number of aromatic nitrogens is 1. The zero-order chi connectivity index (χ0) is 17.3. The van der Waals surface area contributed by atoms with Crippen LogP contribution in [0.25, 0.3) is 10.9 Å². The molecule has 1 aromatic heterocycles. The molecular formula is C20H20N2O2. The van der Waals surface area contributed by atoms with Crippen LogP contribution in [0, 0.1) is 20.8 Å². The number of rotatable bonds is 4. The highest BCUT2D eigenvalue weighted by Crippen LogP contribution is 2.24. The van der Waals surface area contributed by atoms with Gasteiger partial charge in [0.05, 0.1) is 0 Å². The van der Waals surface area contributed by atoms with Gasteiger partial charge in [-0.15, -0.1) is 0 Å². The number of fused-ring (bicyclic) bond motifs is 1. The third kappa shape index (κ3) is 2.83. The van der Waals surface area contributed by atoms with Crippen LogP contribution in [0.1, 0.15) is 27.2 Å². The molecule has 0 atom stereocenters. The van der Waals surface area contributed by atoms with Crippen LogP contribution in [0.3, 0.4) is 0 Å². The van der Waals surface area contributed by atoms with Crippen molar-refractivity contribution in [3.63, 3.8) is 0 Å². The molecule has 0 fully saturated rings. The fourth-order valence-corrected chi connectivity index (χ4v) is 3.01. The molecule has 0 aliphatic carbocycles. The molecular weight excluding hydrogens is 300 g/mol. The summed E-state index contributed by atoms with van der Waals surface area (Å²) in [5.74, 6) is -0.106. The number of anilines is 1. The predicted octanol–water partition coefficient (Wildman–Crippen LogP) is 4.02. The van der Waals surface area contributed by atoms with Gasteiger partial charge in [0.1, 0.15) is 6.54 Å². The van der Waals surface area contributed by atoms with Crippen LogP contribution in [-0.4, -0.2) is 16.8 Å². The maximum Gasteiger partial charge on any atom is 0.244 e. The van der Waals surface area contributed by atoms with Crippen LogP contribution >= 0.6 is 0 Å². The van der Waals surface area contributed by atoms with Gasteiger partial charge in [0, 0.05) is 27.8 Å². The average Bonchev–Trinajstić information content (AvgIpc) is 2.83. The van der Waals surface area contributed by atoms with E-state index in [1.807, 2.05) is 67.8 Å². The van der Waals surface area contributed by atoms with Crippen LogP contribution < -0.4 is 5.32 Å². The third-order valence-electron chi connectivity index (χ3n) is 4.37. The second-order valence-corrected chi connectivity index (χ2v) is 6.09. The second kappa shape index (κ2) is 6.32. The first kappa shape index (κ1) is 16.0. The highest BCUT2D eigenvalue weighted by atomic mass is 16.2. The van der Waals surface area contributed by atoms with Crippen LogP contribution in [0.4, 0.5) is 5.69 Å². The summed E-state index contributed by atoms with van der Waals surface area (Å²) in [4.78, 5) is 23.9. The molecule has 0 spiro atoms. The smallest absolute Gasteiger partial charge is 0.244 e. The summed E-state index contributed by atoms with van der Waals surface area (Å²) < 4.78 is 1.89. The van der Waals surface area contributed by atoms with Crippen molar-refractivity contribution in [2.24, 2.45) is 0 Å². The van der Waals surface area contributed by atoms with Crippen molar-refractivity contribution in [3.8, 4) is 0 Å². The summed E-state index contributed by atoms with van der Waals surface area (Å²) in [6, 6.07) is 13.6. The lowest BCUT2D eigenvalue weighted by atomic mass is 10.1. The number of benzene rings is 2. The lowest BCUT2D eigenvalue weighted by Crippen LogP contribution is -2.20. The molecule has 4 nitrogen and oxygen atoms in total. The molecule has 0 aliphatic rings. The molecule has 4 heteroatoms. The van der Waals surface area contributed by atoms with Crippen molar-refractivity contribution in [3.05, 3.63) is 64.8 Å². The molecule has 0 saturated carbocycles. The summed E-state index contributed by atoms with van der Waals surface area (Å²) in [6.07, 6.45) is 0.858. The van der Waals surface area contributed by atoms with Gasteiger partial charge in [-0.25, -0.2) is 0 Å². The van der Waals surface area contributed by atoms with Gasteiger partial charge in [-0.2, -0.15) is 0 Å². The minimum atomic E-state index is -0.106. The van der Waals surface area contributed by atoms with E-state index in [-0.39, 0.29) is 12.5 Å². The Balaban J connectivity index is 1.92. The largest absolute Gasteiger partial charge is 0.335 e. The molecule has 0 aliphatic heterocycles. The van der Waals surface area contributed by atoms with E-state index < -0.39 is 0 Å². The average molecular weight is 320 g/mol. The van der Waals surface area contributed by atoms with E-state index in [1.54, 1.807) is 0 Å². The summed E-state index contributed by atoms with van der Waals surface area (Å²) in [6.45, 7) is 6.01. The number of hydrogen-bond acceptors (Lipinski definition) is 2. The monoisotopic (exact) mass is 320 g/mol. The number of hydrogen-bond donors (Lipinski definition) is 1. The SMILES string of the molecule is Cc1ccc(C)c(NC(=O)Cn2c(C)c(C=O)c3ccccc32)c1. The van der Waals surface area contributed by atoms with E-state index in [0.29, 0.717) is 5.56 Å². The maximum absolute atomic E-state index is 12.5. The van der Waals surface area contributed by atoms with Crippen molar-refractivity contribution in [1.29, 1.82) is 0 Å². The number of aldehydes is 1. The third-order valence-corrected chi connectivity index (χ3v) is 4.37. The van der Waals surface area contributed by atoms with Gasteiger partial charge in [-0.3, -0.25) is 9.59 Å². The van der Waals surface area contributed by atoms with E-state index in [9.17, 15) is 9.59 Å². The normalized spacial score (nSPS) is 10.8. The fraction of sp³-hybridized carbons (Fsp3) is 0.200. The van der Waals surface area contributed by atoms with Crippen molar-refractivity contribution < 1.29 is 9.59 Å². The van der Waals surface area contributed by atoms with E-state index in [1.165, 1.54) is 0 Å². The Bertz CT molecular complexity index is 938. The molecule has 0 bridgehead atoms. The summed E-state index contributed by atoms with van der Waals surface area (Å²) in [5, 5.41) is 3.85. The van der Waals surface area contributed by atoms with Crippen LogP contribution in [-0.2, 0) is 11.3 Å². The van der Waals surface area contributed by atoms with Crippen LogP contribution in [0.5, 0.6) is 0 Å². The lowest BCUT2D eigenvalue weighted by Gasteiger charge is -2.12. The second-order valence-electron chi connectivity index (χ2n) is 6.09.